The van der Waals surface area contributed by atoms with Gasteiger partial charge in [0.05, 0.1) is 16.0 Å². The van der Waals surface area contributed by atoms with E-state index in [0.29, 0.717) is 11.0 Å². The molecule has 1 aromatic carbocycles. The second kappa shape index (κ2) is 3.74. The molecule has 0 aliphatic carbocycles. The zero-order valence-corrected chi connectivity index (χ0v) is 8.54. The van der Waals surface area contributed by atoms with Gasteiger partial charge in [0.1, 0.15) is 6.54 Å². The minimum atomic E-state index is -0.661. The molecule has 1 aromatic heterocycles. The number of nitro benzene ring substituents is 1. The average molecular weight is 236 g/mol. The van der Waals surface area contributed by atoms with Gasteiger partial charge in [-0.3, -0.25) is 19.5 Å². The Bertz CT molecular complexity index is 669. The van der Waals surface area contributed by atoms with Gasteiger partial charge in [0.2, 0.25) is 5.91 Å². The first-order chi connectivity index (χ1) is 7.99. The monoisotopic (exact) mass is 236 g/mol. The molecule has 3 N–H and O–H groups in total. The molecule has 0 aliphatic rings. The molecule has 2 rings (SSSR count). The Labute approximate surface area is 93.8 Å². The maximum atomic E-state index is 11.5. The molecule has 0 aliphatic heterocycles. The maximum Gasteiger partial charge on any atom is 0.326 e. The number of rotatable bonds is 3. The Morgan fingerprint density at radius 2 is 2.24 bits per heavy atom. The molecule has 88 valence electrons. The molecule has 1 amide bonds. The predicted molar refractivity (Wildman–Crippen MR) is 58.4 cm³/mol. The van der Waals surface area contributed by atoms with E-state index < -0.39 is 16.5 Å². The third-order valence-electron chi connectivity index (χ3n) is 2.28. The van der Waals surface area contributed by atoms with Crippen LogP contribution in [-0.4, -0.2) is 20.4 Å². The molecule has 0 bridgehead atoms. The minimum absolute atomic E-state index is 0.134. The predicted octanol–water partition coefficient (Wildman–Crippen LogP) is -0.277. The number of carbonyl (C=O) groups is 1. The number of imidazole rings is 1. The zero-order valence-electron chi connectivity index (χ0n) is 8.54. The number of benzene rings is 1. The summed E-state index contributed by atoms with van der Waals surface area (Å²) in [4.78, 5) is 34.7. The smallest absolute Gasteiger partial charge is 0.326 e. The van der Waals surface area contributed by atoms with Gasteiger partial charge in [0.25, 0.3) is 5.69 Å². The Balaban J connectivity index is 2.64. The molecule has 0 spiro atoms. The average Bonchev–Trinajstić information content (AvgIpc) is 2.54. The van der Waals surface area contributed by atoms with Crippen LogP contribution in [0.3, 0.4) is 0 Å². The van der Waals surface area contributed by atoms with Crippen molar-refractivity contribution in [3.63, 3.8) is 0 Å². The quantitative estimate of drug-likeness (QED) is 0.561. The summed E-state index contributed by atoms with van der Waals surface area (Å²) in [6, 6.07) is 3.88. The van der Waals surface area contributed by atoms with Crippen molar-refractivity contribution in [2.45, 2.75) is 6.54 Å². The SMILES string of the molecule is NC(=O)Cn1c(=O)[nH]c2cc([N+](=O)[O-])ccc21. The highest BCUT2D eigenvalue weighted by atomic mass is 16.6. The van der Waals surface area contributed by atoms with E-state index in [9.17, 15) is 19.7 Å². The third kappa shape index (κ3) is 1.87. The van der Waals surface area contributed by atoms with Gasteiger partial charge in [-0.25, -0.2) is 4.79 Å². The molecule has 0 fully saturated rings. The van der Waals surface area contributed by atoms with E-state index in [1.165, 1.54) is 18.2 Å². The summed E-state index contributed by atoms with van der Waals surface area (Å²) < 4.78 is 1.13. The van der Waals surface area contributed by atoms with Crippen LogP contribution in [-0.2, 0) is 11.3 Å². The number of hydrogen-bond acceptors (Lipinski definition) is 4. The van der Waals surface area contributed by atoms with E-state index in [1.54, 1.807) is 0 Å². The summed E-state index contributed by atoms with van der Waals surface area (Å²) in [6.45, 7) is -0.267. The number of nitrogens with two attached hydrogens (primary N) is 1. The summed E-state index contributed by atoms with van der Waals surface area (Å²) in [7, 11) is 0. The molecule has 2 aromatic rings. The number of fused-ring (bicyclic) bond motifs is 1. The summed E-state index contributed by atoms with van der Waals surface area (Å²) in [5.74, 6) is -0.661. The van der Waals surface area contributed by atoms with Crippen LogP contribution in [0.25, 0.3) is 11.0 Å². The van der Waals surface area contributed by atoms with Gasteiger partial charge in [-0.2, -0.15) is 0 Å². The lowest BCUT2D eigenvalue weighted by atomic mass is 10.3. The first kappa shape index (κ1) is 10.9. The number of hydrogen-bond donors (Lipinski definition) is 2. The van der Waals surface area contributed by atoms with Crippen molar-refractivity contribution in [1.82, 2.24) is 9.55 Å². The van der Waals surface area contributed by atoms with E-state index >= 15 is 0 Å². The molecule has 0 radical (unpaired) electrons. The zero-order chi connectivity index (χ0) is 12.6. The molecule has 0 unspecified atom stereocenters. The lowest BCUT2D eigenvalue weighted by Gasteiger charge is -1.98. The number of aromatic nitrogens is 2. The van der Waals surface area contributed by atoms with Gasteiger partial charge < -0.3 is 10.7 Å². The molecular weight excluding hydrogens is 228 g/mol. The highest BCUT2D eigenvalue weighted by molar-refractivity contribution is 5.81. The number of amides is 1. The van der Waals surface area contributed by atoms with Gasteiger partial charge in [-0.15, -0.1) is 0 Å². The normalized spacial score (nSPS) is 10.6. The Morgan fingerprint density at radius 1 is 1.53 bits per heavy atom. The fraction of sp³-hybridized carbons (Fsp3) is 0.111. The second-order valence-electron chi connectivity index (χ2n) is 3.44. The van der Waals surface area contributed by atoms with Gasteiger partial charge in [-0.1, -0.05) is 0 Å². The van der Waals surface area contributed by atoms with Crippen LogP contribution in [0.2, 0.25) is 0 Å². The molecule has 0 saturated carbocycles. The Kier molecular flexibility index (Phi) is 2.39. The van der Waals surface area contributed by atoms with Crippen molar-refractivity contribution >= 4 is 22.6 Å². The first-order valence-corrected chi connectivity index (χ1v) is 4.64. The molecule has 0 saturated heterocycles. The van der Waals surface area contributed by atoms with Crippen LogP contribution in [0.5, 0.6) is 0 Å². The molecule has 0 atom stereocenters. The van der Waals surface area contributed by atoms with Crippen LogP contribution in [0.15, 0.2) is 23.0 Å². The highest BCUT2D eigenvalue weighted by Gasteiger charge is 2.12. The Morgan fingerprint density at radius 3 is 2.82 bits per heavy atom. The van der Waals surface area contributed by atoms with Crippen LogP contribution in [0, 0.1) is 10.1 Å². The number of primary amides is 1. The lowest BCUT2D eigenvalue weighted by Crippen LogP contribution is -2.26. The van der Waals surface area contributed by atoms with E-state index in [0.717, 1.165) is 4.57 Å². The standard InChI is InChI=1S/C9H8N4O4/c10-8(14)4-12-7-2-1-5(13(16)17)3-6(7)11-9(12)15/h1-3H,4H2,(H2,10,14)(H,11,15). The highest BCUT2D eigenvalue weighted by Crippen LogP contribution is 2.17. The van der Waals surface area contributed by atoms with Crippen molar-refractivity contribution in [2.24, 2.45) is 5.73 Å². The summed E-state index contributed by atoms with van der Waals surface area (Å²) in [5.41, 5.74) is 5.04. The van der Waals surface area contributed by atoms with Gasteiger partial charge in [-0.05, 0) is 6.07 Å². The van der Waals surface area contributed by atoms with Crippen molar-refractivity contribution in [1.29, 1.82) is 0 Å². The van der Waals surface area contributed by atoms with Crippen molar-refractivity contribution in [2.75, 3.05) is 0 Å². The van der Waals surface area contributed by atoms with E-state index in [4.69, 9.17) is 5.73 Å². The fourth-order valence-corrected chi connectivity index (χ4v) is 1.58. The molecule has 8 heteroatoms. The van der Waals surface area contributed by atoms with Crippen LogP contribution in [0.1, 0.15) is 0 Å². The number of aromatic amines is 1. The number of carbonyl (C=O) groups excluding carboxylic acids is 1. The maximum absolute atomic E-state index is 11.5. The number of nitro groups is 1. The summed E-state index contributed by atoms with van der Waals surface area (Å²) in [6.07, 6.45) is 0. The van der Waals surface area contributed by atoms with E-state index in [-0.39, 0.29) is 12.2 Å². The van der Waals surface area contributed by atoms with Crippen LogP contribution >= 0.6 is 0 Å². The molecular formula is C9H8N4O4. The second-order valence-corrected chi connectivity index (χ2v) is 3.44. The van der Waals surface area contributed by atoms with Crippen molar-refractivity contribution in [3.8, 4) is 0 Å². The Hall–Kier alpha value is -2.64. The van der Waals surface area contributed by atoms with Crippen LogP contribution < -0.4 is 11.4 Å². The first-order valence-electron chi connectivity index (χ1n) is 4.64. The summed E-state index contributed by atoms with van der Waals surface area (Å²) >= 11 is 0. The third-order valence-corrected chi connectivity index (χ3v) is 2.28. The fourth-order valence-electron chi connectivity index (χ4n) is 1.58. The molecule has 1 heterocycles. The van der Waals surface area contributed by atoms with Gasteiger partial charge >= 0.3 is 5.69 Å². The van der Waals surface area contributed by atoms with E-state index in [2.05, 4.69) is 4.98 Å². The van der Waals surface area contributed by atoms with Crippen molar-refractivity contribution in [3.05, 3.63) is 38.8 Å². The molecule has 8 nitrogen and oxygen atoms in total. The number of nitrogens with zero attached hydrogens (tertiary/aromatic N) is 2. The number of nitrogens with one attached hydrogen (secondary N) is 1. The lowest BCUT2D eigenvalue weighted by molar-refractivity contribution is -0.384. The topological polar surface area (TPSA) is 124 Å². The number of H-pyrrole nitrogens is 1. The molecule has 17 heavy (non-hydrogen) atoms. The largest absolute Gasteiger partial charge is 0.368 e. The van der Waals surface area contributed by atoms with Gasteiger partial charge in [0, 0.05) is 12.1 Å². The van der Waals surface area contributed by atoms with Gasteiger partial charge in [0.15, 0.2) is 0 Å². The summed E-state index contributed by atoms with van der Waals surface area (Å²) in [5, 5.41) is 10.5. The van der Waals surface area contributed by atoms with Crippen molar-refractivity contribution < 1.29 is 9.72 Å². The minimum Gasteiger partial charge on any atom is -0.368 e. The number of non-ortho nitro benzene ring substituents is 1. The van der Waals surface area contributed by atoms with Crippen LogP contribution in [0.4, 0.5) is 5.69 Å². The van der Waals surface area contributed by atoms with E-state index in [1.807, 2.05) is 0 Å².